The van der Waals surface area contributed by atoms with Gasteiger partial charge >= 0.3 is 11.9 Å². The molecular formula is C49H71Cl4N4O4+. The largest absolute Gasteiger partial charge is 0.481 e. The topological polar surface area (TPSA) is 89.9 Å². The first-order chi connectivity index (χ1) is 29.6. The molecule has 1 aliphatic rings. The molecule has 2 aromatic carbocycles. The molecule has 0 spiro atoms. The molecule has 61 heavy (non-hydrogen) atoms. The normalized spacial score (nSPS) is 13.4. The summed E-state index contributed by atoms with van der Waals surface area (Å²) in [5.74, 6) is 0.215. The minimum Gasteiger partial charge on any atom is -0.481 e. The van der Waals surface area contributed by atoms with Gasteiger partial charge in [-0.2, -0.15) is 0 Å². The van der Waals surface area contributed by atoms with Crippen molar-refractivity contribution in [2.45, 2.75) is 181 Å². The van der Waals surface area contributed by atoms with E-state index in [-0.39, 0.29) is 12.8 Å². The number of benzene rings is 2. The molecule has 1 aliphatic heterocycles. The molecule has 0 saturated heterocycles. The van der Waals surface area contributed by atoms with Crippen LogP contribution in [0.1, 0.15) is 174 Å². The van der Waals surface area contributed by atoms with Crippen LogP contribution in [0, 0.1) is 0 Å². The molecule has 0 fully saturated rings. The highest BCUT2D eigenvalue weighted by Crippen LogP contribution is 2.46. The Morgan fingerprint density at radius 3 is 1.49 bits per heavy atom. The van der Waals surface area contributed by atoms with Crippen molar-refractivity contribution >= 4 is 86.8 Å². The Balaban J connectivity index is 1.65. The number of unbranched alkanes of at least 4 members (excludes halogenated alkanes) is 18. The smallest absolute Gasteiger partial charge is 0.303 e. The fourth-order valence-corrected chi connectivity index (χ4v) is 9.14. The Morgan fingerprint density at radius 1 is 0.557 bits per heavy atom. The second kappa shape index (κ2) is 28.0. The lowest BCUT2D eigenvalue weighted by molar-refractivity contribution is -0.674. The molecule has 3 aromatic rings. The number of imidazole rings is 1. The van der Waals surface area contributed by atoms with E-state index in [0.717, 1.165) is 72.8 Å². The number of aromatic nitrogens is 2. The second-order valence-corrected chi connectivity index (χ2v) is 18.3. The van der Waals surface area contributed by atoms with Crippen LogP contribution in [0.15, 0.2) is 42.2 Å². The van der Waals surface area contributed by atoms with Gasteiger partial charge in [0.05, 0.1) is 44.6 Å². The Hall–Kier alpha value is -2.91. The van der Waals surface area contributed by atoms with Crippen molar-refractivity contribution in [1.82, 2.24) is 4.57 Å². The first-order valence-corrected chi connectivity index (χ1v) is 24.9. The number of halogens is 4. The summed E-state index contributed by atoms with van der Waals surface area (Å²) in [4.78, 5) is 27.7. The van der Waals surface area contributed by atoms with Gasteiger partial charge in [0.2, 0.25) is 0 Å². The summed E-state index contributed by atoms with van der Waals surface area (Å²) < 4.78 is 4.47. The van der Waals surface area contributed by atoms with Crippen molar-refractivity contribution in [2.75, 3.05) is 22.9 Å². The molecule has 0 bridgehead atoms. The number of carboxylic acids is 2. The highest BCUT2D eigenvalue weighted by molar-refractivity contribution is 6.43. The summed E-state index contributed by atoms with van der Waals surface area (Å²) in [6.45, 7) is 7.06. The van der Waals surface area contributed by atoms with Crippen molar-refractivity contribution < 1.29 is 24.4 Å². The van der Waals surface area contributed by atoms with Gasteiger partial charge in [0.1, 0.15) is 5.82 Å². The fraction of sp³-hybridized carbons (Fsp3) is 0.612. The van der Waals surface area contributed by atoms with Gasteiger partial charge < -0.3 is 20.0 Å². The molecule has 0 atom stereocenters. The number of hydrogen-bond acceptors (Lipinski definition) is 4. The molecule has 0 radical (unpaired) electrons. The standard InChI is InChI=1S/C49H70Cl4N4O4/c1-3-5-7-9-11-13-15-17-19-21-30-54-42-34-38(50)40(52)36-44(42)56(32-24-28-48(58)59)46(54)26-23-27-47-55(31-22-20-18-16-14-12-10-8-6-4-2)43-35-39(51)41(53)37-45(43)57(47)33-25-29-49(60)61/h23,26-27,34-37H,3-22,24-25,28-33H2,1-2H3,(H-,58,59,60,61)/p+1. The van der Waals surface area contributed by atoms with E-state index < -0.39 is 11.9 Å². The van der Waals surface area contributed by atoms with E-state index in [2.05, 4.69) is 51.0 Å². The number of carbonyl (C=O) groups is 2. The molecule has 12 heteroatoms. The van der Waals surface area contributed by atoms with Crippen LogP contribution in [0.4, 0.5) is 11.4 Å². The van der Waals surface area contributed by atoms with Crippen molar-refractivity contribution in [3.05, 3.63) is 68.2 Å². The Kier molecular flexibility index (Phi) is 23.3. The number of aliphatic carboxylic acids is 2. The molecule has 338 valence electrons. The zero-order valence-electron chi connectivity index (χ0n) is 36.9. The van der Waals surface area contributed by atoms with E-state index in [1.165, 1.54) is 103 Å². The summed E-state index contributed by atoms with van der Waals surface area (Å²) >= 11 is 26.6. The molecule has 0 saturated carbocycles. The van der Waals surface area contributed by atoms with Gasteiger partial charge in [0, 0.05) is 44.1 Å². The molecule has 8 nitrogen and oxygen atoms in total. The maximum Gasteiger partial charge on any atom is 0.303 e. The fourth-order valence-electron chi connectivity index (χ4n) is 8.51. The number of allylic oxidation sites excluding steroid dienone is 2. The first-order valence-electron chi connectivity index (χ1n) is 23.3. The van der Waals surface area contributed by atoms with E-state index in [0.29, 0.717) is 46.0 Å². The van der Waals surface area contributed by atoms with E-state index in [1.54, 1.807) is 0 Å². The maximum absolute atomic E-state index is 11.6. The molecular weight excluding hydrogens is 850 g/mol. The quantitative estimate of drug-likeness (QED) is 0.0479. The third-order valence-corrected chi connectivity index (χ3v) is 13.3. The monoisotopic (exact) mass is 919 g/mol. The molecule has 4 rings (SSSR count). The molecule has 2 N–H and O–H groups in total. The van der Waals surface area contributed by atoms with Crippen LogP contribution in [0.5, 0.6) is 0 Å². The van der Waals surface area contributed by atoms with Crippen LogP contribution in [0.2, 0.25) is 20.1 Å². The molecule has 1 aromatic heterocycles. The lowest BCUT2D eigenvalue weighted by Gasteiger charge is -2.25. The summed E-state index contributed by atoms with van der Waals surface area (Å²) in [5.41, 5.74) is 3.75. The summed E-state index contributed by atoms with van der Waals surface area (Å²) in [6.07, 6.45) is 32.0. The predicted molar refractivity (Wildman–Crippen MR) is 258 cm³/mol. The van der Waals surface area contributed by atoms with Gasteiger partial charge in [-0.1, -0.05) is 175 Å². The van der Waals surface area contributed by atoms with Crippen molar-refractivity contribution in [1.29, 1.82) is 0 Å². The second-order valence-electron chi connectivity index (χ2n) is 16.7. The minimum absolute atomic E-state index is 0.0508. The van der Waals surface area contributed by atoms with E-state index in [1.807, 2.05) is 24.3 Å². The third kappa shape index (κ3) is 16.3. The van der Waals surface area contributed by atoms with Crippen molar-refractivity contribution in [3.8, 4) is 0 Å². The third-order valence-electron chi connectivity index (χ3n) is 11.8. The minimum atomic E-state index is -0.830. The highest BCUT2D eigenvalue weighted by atomic mass is 35.5. The zero-order chi connectivity index (χ0) is 44.0. The summed E-state index contributed by atoms with van der Waals surface area (Å²) in [5, 5.41) is 21.0. The maximum atomic E-state index is 11.6. The van der Waals surface area contributed by atoms with Crippen LogP contribution in [-0.4, -0.2) is 39.8 Å². The SMILES string of the molecule is CCCCCCCCCCCCN1C(=CC=Cc2n(CCCCCCCCCCCC)c3cc(Cl)c(Cl)cc3[n+]2CCCC(=O)O)N(CCCC(=O)O)c2cc(Cl)c(Cl)cc21. The highest BCUT2D eigenvalue weighted by Gasteiger charge is 2.32. The number of aryl methyl sites for hydroxylation is 2. The Bertz CT molecular complexity index is 1890. The summed E-state index contributed by atoms with van der Waals surface area (Å²) in [6, 6.07) is 7.64. The van der Waals surface area contributed by atoms with E-state index >= 15 is 0 Å². The Morgan fingerprint density at radius 2 is 0.984 bits per heavy atom. The number of anilines is 2. The van der Waals surface area contributed by atoms with Crippen LogP contribution < -0.4 is 14.4 Å². The van der Waals surface area contributed by atoms with Crippen molar-refractivity contribution in [3.63, 3.8) is 0 Å². The average molecular weight is 922 g/mol. The van der Waals surface area contributed by atoms with Crippen LogP contribution in [0.3, 0.4) is 0 Å². The molecule has 0 aliphatic carbocycles. The summed E-state index contributed by atoms with van der Waals surface area (Å²) in [7, 11) is 0. The van der Waals surface area contributed by atoms with Gasteiger partial charge in [0.15, 0.2) is 11.0 Å². The number of fused-ring (bicyclic) bond motifs is 2. The molecule has 0 amide bonds. The van der Waals surface area contributed by atoms with Crippen molar-refractivity contribution in [2.24, 2.45) is 0 Å². The predicted octanol–water partition coefficient (Wildman–Crippen LogP) is 15.3. The molecule has 2 heterocycles. The van der Waals surface area contributed by atoms with Gasteiger partial charge in [0.25, 0.3) is 5.82 Å². The van der Waals surface area contributed by atoms with Gasteiger partial charge in [-0.15, -0.1) is 0 Å². The number of hydrogen-bond donors (Lipinski definition) is 2. The zero-order valence-corrected chi connectivity index (χ0v) is 39.9. The lowest BCUT2D eigenvalue weighted by atomic mass is 10.1. The number of nitrogens with zero attached hydrogens (tertiary/aromatic N) is 4. The van der Waals surface area contributed by atoms with Crippen LogP contribution >= 0.6 is 46.4 Å². The first kappa shape index (κ1) is 50.7. The lowest BCUT2D eigenvalue weighted by Crippen LogP contribution is -2.37. The number of carboxylic acid groups (broad SMARTS) is 2. The number of rotatable bonds is 32. The van der Waals surface area contributed by atoms with Gasteiger partial charge in [-0.25, -0.2) is 9.13 Å². The average Bonchev–Trinajstić information content (AvgIpc) is 3.65. The molecule has 0 unspecified atom stereocenters. The van der Waals surface area contributed by atoms with E-state index in [4.69, 9.17) is 46.4 Å². The van der Waals surface area contributed by atoms with E-state index in [9.17, 15) is 19.8 Å². The van der Waals surface area contributed by atoms with Crippen LogP contribution in [-0.2, 0) is 22.7 Å². The van der Waals surface area contributed by atoms with Gasteiger partial charge in [-0.3, -0.25) is 9.59 Å². The Labute approximate surface area is 385 Å². The van der Waals surface area contributed by atoms with Gasteiger partial charge in [-0.05, 0) is 50.3 Å². The van der Waals surface area contributed by atoms with Crippen LogP contribution in [0.25, 0.3) is 17.1 Å².